The maximum atomic E-state index is 12.3. The lowest BCUT2D eigenvalue weighted by Gasteiger charge is -2.28. The third-order valence-electron chi connectivity index (χ3n) is 7.92. The molecule has 1 amide bonds. The molecule has 4 aromatic rings. The number of likely N-dealkylation sites (tertiary alicyclic amines) is 1. The molecule has 2 N–H and O–H groups in total. The predicted molar refractivity (Wildman–Crippen MR) is 157 cm³/mol. The van der Waals surface area contributed by atoms with Gasteiger partial charge < -0.3 is 29.4 Å². The maximum Gasteiger partial charge on any atom is 0.251 e. The van der Waals surface area contributed by atoms with E-state index in [-0.39, 0.29) is 12.0 Å². The third kappa shape index (κ3) is 5.49. The summed E-state index contributed by atoms with van der Waals surface area (Å²) < 4.78 is 11.6. The molecule has 2 aromatic carbocycles. The van der Waals surface area contributed by atoms with E-state index in [1.54, 1.807) is 18.0 Å². The Morgan fingerprint density at radius 1 is 1.15 bits per heavy atom. The van der Waals surface area contributed by atoms with Crippen molar-refractivity contribution in [1.82, 2.24) is 14.9 Å². The minimum absolute atomic E-state index is 0.226. The van der Waals surface area contributed by atoms with E-state index in [9.17, 15) is 15.2 Å². The number of hydrogen-bond acceptors (Lipinski definition) is 7. The van der Waals surface area contributed by atoms with Crippen LogP contribution in [0.3, 0.4) is 0 Å². The van der Waals surface area contributed by atoms with Crippen molar-refractivity contribution in [2.24, 2.45) is 0 Å². The molecule has 2 saturated heterocycles. The van der Waals surface area contributed by atoms with E-state index in [0.717, 1.165) is 59.7 Å². The normalized spacial score (nSPS) is 17.9. The van der Waals surface area contributed by atoms with Gasteiger partial charge in [0.1, 0.15) is 29.7 Å². The van der Waals surface area contributed by atoms with E-state index in [0.29, 0.717) is 37.2 Å². The molecule has 2 aliphatic rings. The van der Waals surface area contributed by atoms with Crippen LogP contribution in [-0.4, -0.2) is 77.5 Å². The van der Waals surface area contributed by atoms with Crippen molar-refractivity contribution >= 4 is 22.6 Å². The molecule has 0 saturated carbocycles. The van der Waals surface area contributed by atoms with Crippen LogP contribution in [0.15, 0.2) is 60.8 Å². The molecule has 6 rings (SSSR count). The first-order valence-corrected chi connectivity index (χ1v) is 14.1. The zero-order valence-corrected chi connectivity index (χ0v) is 23.0. The molecule has 2 fully saturated rings. The Balaban J connectivity index is 1.22. The first-order valence-electron chi connectivity index (χ1n) is 14.1. The molecule has 9 heteroatoms. The number of nitriles is 1. The van der Waals surface area contributed by atoms with Crippen molar-refractivity contribution in [2.75, 3.05) is 44.3 Å². The number of anilines is 1. The molecule has 4 heterocycles. The summed E-state index contributed by atoms with van der Waals surface area (Å²) in [5.41, 5.74) is 6.30. The highest BCUT2D eigenvalue weighted by Gasteiger charge is 2.31. The molecule has 0 bridgehead atoms. The Morgan fingerprint density at radius 3 is 2.68 bits per heavy atom. The summed E-state index contributed by atoms with van der Waals surface area (Å²) >= 11 is 0. The number of nitrogens with one attached hydrogen (secondary N) is 1. The number of benzene rings is 2. The van der Waals surface area contributed by atoms with Gasteiger partial charge in [-0.1, -0.05) is 25.1 Å². The number of aliphatic hydroxyl groups is 1. The number of aromatic amines is 1. The van der Waals surface area contributed by atoms with Gasteiger partial charge in [-0.3, -0.25) is 4.79 Å². The second-order valence-electron chi connectivity index (χ2n) is 10.5. The fourth-order valence-corrected chi connectivity index (χ4v) is 5.58. The van der Waals surface area contributed by atoms with E-state index >= 15 is 0 Å². The Hall–Kier alpha value is -4.39. The Kier molecular flexibility index (Phi) is 7.59. The van der Waals surface area contributed by atoms with E-state index in [1.807, 2.05) is 24.3 Å². The largest absolute Gasteiger partial charge is 0.487 e. The molecular formula is C32H33N5O4. The lowest BCUT2D eigenvalue weighted by atomic mass is 10.0. The molecule has 9 nitrogen and oxygen atoms in total. The number of H-pyrrole nitrogens is 1. The second-order valence-corrected chi connectivity index (χ2v) is 10.5. The minimum atomic E-state index is -0.983. The number of hydrogen-bond donors (Lipinski definition) is 2. The van der Waals surface area contributed by atoms with Crippen molar-refractivity contribution in [3.63, 3.8) is 0 Å². The van der Waals surface area contributed by atoms with E-state index in [1.165, 1.54) is 5.69 Å². The number of fused-ring (bicyclic) bond motifs is 1. The average molecular weight is 552 g/mol. The highest BCUT2D eigenvalue weighted by molar-refractivity contribution is 5.96. The molecule has 210 valence electrons. The van der Waals surface area contributed by atoms with Gasteiger partial charge in [-0.05, 0) is 59.5 Å². The lowest BCUT2D eigenvalue weighted by Crippen LogP contribution is -2.38. The molecule has 2 unspecified atom stereocenters. The summed E-state index contributed by atoms with van der Waals surface area (Å²) in [7, 11) is 0. The summed E-state index contributed by atoms with van der Waals surface area (Å²) in [6.07, 6.45) is 1.59. The quantitative estimate of drug-likeness (QED) is 0.351. The van der Waals surface area contributed by atoms with Crippen LogP contribution in [0.4, 0.5) is 5.69 Å². The van der Waals surface area contributed by atoms with Crippen LogP contribution in [0.2, 0.25) is 0 Å². The minimum Gasteiger partial charge on any atom is -0.487 e. The Morgan fingerprint density at radius 2 is 1.93 bits per heavy atom. The van der Waals surface area contributed by atoms with Gasteiger partial charge in [-0.25, -0.2) is 4.98 Å². The number of morpholine rings is 1. The molecular weight excluding hydrogens is 518 g/mol. The van der Waals surface area contributed by atoms with Crippen LogP contribution in [0, 0.1) is 11.3 Å². The van der Waals surface area contributed by atoms with Gasteiger partial charge in [0.2, 0.25) is 0 Å². The lowest BCUT2D eigenvalue weighted by molar-refractivity contribution is -0.139. The fourth-order valence-electron chi connectivity index (χ4n) is 5.58. The standard InChI is InChI=1S/C32H33N5O4/c1-2-29(38)32(39)37-12-10-25(20-37)41-30-8-5-22(17-23(30)19-33)26-9-11-34-31-27(26)18-28(35-31)21-3-6-24(7-4-21)36-13-15-40-16-14-36/h3-9,11,17-18,25,29,38H,2,10,12-16,20H2,1H3,(H,34,35). The predicted octanol–water partition coefficient (Wildman–Crippen LogP) is 4.36. The number of pyridine rings is 1. The molecule has 2 aromatic heterocycles. The monoisotopic (exact) mass is 551 g/mol. The van der Waals surface area contributed by atoms with Crippen LogP contribution in [0.1, 0.15) is 25.3 Å². The van der Waals surface area contributed by atoms with Crippen molar-refractivity contribution < 1.29 is 19.4 Å². The topological polar surface area (TPSA) is 115 Å². The first-order chi connectivity index (χ1) is 20.0. The van der Waals surface area contributed by atoms with Crippen molar-refractivity contribution in [3.05, 3.63) is 66.4 Å². The number of nitrogens with zero attached hydrogens (tertiary/aromatic N) is 4. The number of aromatic nitrogens is 2. The number of carbonyl (C=O) groups is 1. The summed E-state index contributed by atoms with van der Waals surface area (Å²) in [5, 5.41) is 20.8. The highest BCUT2D eigenvalue weighted by Crippen LogP contribution is 2.34. The number of rotatable bonds is 7. The summed E-state index contributed by atoms with van der Waals surface area (Å²) in [6, 6.07) is 20.5. The number of amides is 1. The third-order valence-corrected chi connectivity index (χ3v) is 7.92. The zero-order chi connectivity index (χ0) is 28.3. The Labute approximate surface area is 238 Å². The second kappa shape index (κ2) is 11.6. The number of aliphatic hydroxyl groups excluding tert-OH is 1. The highest BCUT2D eigenvalue weighted by atomic mass is 16.5. The SMILES string of the molecule is CCC(O)C(=O)N1CCC(Oc2ccc(-c3ccnc4[nH]c(-c5ccc(N6CCOCC6)cc5)cc34)cc2C#N)C1. The molecule has 2 atom stereocenters. The zero-order valence-electron chi connectivity index (χ0n) is 23.0. The van der Waals surface area contributed by atoms with Gasteiger partial charge in [-0.2, -0.15) is 5.26 Å². The van der Waals surface area contributed by atoms with Gasteiger partial charge in [0.25, 0.3) is 5.91 Å². The van der Waals surface area contributed by atoms with Crippen LogP contribution >= 0.6 is 0 Å². The number of carbonyl (C=O) groups excluding carboxylic acids is 1. The van der Waals surface area contributed by atoms with Crippen LogP contribution in [-0.2, 0) is 9.53 Å². The summed E-state index contributed by atoms with van der Waals surface area (Å²) in [6.45, 7) is 6.01. The molecule has 0 radical (unpaired) electrons. The summed E-state index contributed by atoms with van der Waals surface area (Å²) in [5.74, 6) is 0.224. The van der Waals surface area contributed by atoms with E-state index in [4.69, 9.17) is 9.47 Å². The van der Waals surface area contributed by atoms with Gasteiger partial charge in [-0.15, -0.1) is 0 Å². The van der Waals surface area contributed by atoms with Gasteiger partial charge >= 0.3 is 0 Å². The molecule has 0 spiro atoms. The smallest absolute Gasteiger partial charge is 0.251 e. The van der Waals surface area contributed by atoms with Crippen LogP contribution in [0.25, 0.3) is 33.4 Å². The molecule has 2 aliphatic heterocycles. The van der Waals surface area contributed by atoms with Crippen LogP contribution in [0.5, 0.6) is 5.75 Å². The summed E-state index contributed by atoms with van der Waals surface area (Å²) in [4.78, 5) is 24.3. The molecule has 0 aliphatic carbocycles. The number of ether oxygens (including phenoxy) is 2. The first kappa shape index (κ1) is 26.8. The van der Waals surface area contributed by atoms with Crippen LogP contribution < -0.4 is 9.64 Å². The Bertz CT molecular complexity index is 1590. The van der Waals surface area contributed by atoms with E-state index < -0.39 is 6.10 Å². The average Bonchev–Trinajstić information content (AvgIpc) is 3.68. The van der Waals surface area contributed by atoms with Crippen molar-refractivity contribution in [1.29, 1.82) is 5.26 Å². The van der Waals surface area contributed by atoms with Gasteiger partial charge in [0, 0.05) is 49.0 Å². The van der Waals surface area contributed by atoms with Gasteiger partial charge in [0.15, 0.2) is 0 Å². The van der Waals surface area contributed by atoms with E-state index in [2.05, 4.69) is 51.3 Å². The fraction of sp³-hybridized carbons (Fsp3) is 0.344. The van der Waals surface area contributed by atoms with Gasteiger partial charge in [0.05, 0.1) is 25.3 Å². The maximum absolute atomic E-state index is 12.3. The van der Waals surface area contributed by atoms with Crippen molar-refractivity contribution in [2.45, 2.75) is 32.0 Å². The van der Waals surface area contributed by atoms with Crippen molar-refractivity contribution in [3.8, 4) is 34.2 Å². The molecule has 41 heavy (non-hydrogen) atoms.